The highest BCUT2D eigenvalue weighted by Crippen LogP contribution is 2.07. The van der Waals surface area contributed by atoms with Gasteiger partial charge >= 0.3 is 6.09 Å². The van der Waals surface area contributed by atoms with Gasteiger partial charge in [0.25, 0.3) is 0 Å². The molecule has 0 spiro atoms. The van der Waals surface area contributed by atoms with Crippen molar-refractivity contribution in [1.29, 1.82) is 0 Å². The molecule has 1 unspecified atom stereocenters. The fourth-order valence-electron chi connectivity index (χ4n) is 3.30. The Hall–Kier alpha value is -1.30. The number of piperazine rings is 1. The van der Waals surface area contributed by atoms with Gasteiger partial charge in [-0.05, 0) is 34.1 Å². The van der Waals surface area contributed by atoms with Crippen LogP contribution in [0.25, 0.3) is 0 Å². The van der Waals surface area contributed by atoms with Crippen LogP contribution in [0.3, 0.4) is 0 Å². The molecule has 0 aromatic rings. The number of nitrogens with one attached hydrogen (secondary N) is 3. The largest absolute Gasteiger partial charge is 0.444 e. The highest BCUT2D eigenvalue weighted by Gasteiger charge is 2.19. The Bertz CT molecular complexity index is 575. The zero-order valence-electron chi connectivity index (χ0n) is 20.8. The van der Waals surface area contributed by atoms with Gasteiger partial charge in [-0.3, -0.25) is 14.7 Å². The van der Waals surface area contributed by atoms with Crippen LogP contribution in [-0.4, -0.2) is 91.8 Å². The molecule has 1 aliphatic rings. The predicted octanol–water partition coefficient (Wildman–Crippen LogP) is 2.41. The van der Waals surface area contributed by atoms with Gasteiger partial charge in [-0.25, -0.2) is 4.79 Å². The molecule has 10 heteroatoms. The number of ether oxygens (including phenoxy) is 1. The smallest absolute Gasteiger partial charge is 0.407 e. The second-order valence-electron chi connectivity index (χ2n) is 8.97. The van der Waals surface area contributed by atoms with E-state index in [1.54, 1.807) is 6.92 Å². The molecular weight excluding hydrogens is 523 g/mol. The quantitative estimate of drug-likeness (QED) is 0.213. The topological polar surface area (TPSA) is 98.3 Å². The molecule has 0 bridgehead atoms. The number of carbonyl (C=O) groups excluding carboxylic acids is 2. The lowest BCUT2D eigenvalue weighted by atomic mass is 10.1. The van der Waals surface area contributed by atoms with Crippen LogP contribution in [-0.2, 0) is 9.53 Å². The number of nitrogens with zero attached hydrogens (tertiary/aromatic N) is 3. The van der Waals surface area contributed by atoms with Crippen molar-refractivity contribution in [2.75, 3.05) is 52.4 Å². The summed E-state index contributed by atoms with van der Waals surface area (Å²) < 4.78 is 5.35. The van der Waals surface area contributed by atoms with E-state index < -0.39 is 11.7 Å². The average Bonchev–Trinajstić information content (AvgIpc) is 2.69. The fraction of sp³-hybridized carbons (Fsp3) is 0.864. The lowest BCUT2D eigenvalue weighted by Gasteiger charge is -2.33. The maximum Gasteiger partial charge on any atom is 0.407 e. The van der Waals surface area contributed by atoms with Crippen LogP contribution in [0.1, 0.15) is 60.8 Å². The molecule has 1 fully saturated rings. The third-order valence-corrected chi connectivity index (χ3v) is 4.99. The minimum absolute atomic E-state index is 0. The number of hydrogen-bond donors (Lipinski definition) is 3. The van der Waals surface area contributed by atoms with Crippen molar-refractivity contribution < 1.29 is 14.3 Å². The number of halogens is 1. The summed E-state index contributed by atoms with van der Waals surface area (Å²) >= 11 is 0. The van der Waals surface area contributed by atoms with Crippen LogP contribution in [0.2, 0.25) is 0 Å². The van der Waals surface area contributed by atoms with Crippen LogP contribution >= 0.6 is 24.0 Å². The summed E-state index contributed by atoms with van der Waals surface area (Å²) in [6.07, 6.45) is 2.68. The highest BCUT2D eigenvalue weighted by molar-refractivity contribution is 14.0. The fourth-order valence-corrected chi connectivity index (χ4v) is 3.30. The standard InChI is InChI=1S/C22H44N6O3.HI/c1-7-9-10-19(17-25-21(30)31-22(4,5)6)26-20(23-8-2)24-11-12-27-13-15-28(16-14-27)18(3)29;/h19H,7-17H2,1-6H3,(H,25,30)(H2,23,24,26);1H. The van der Waals surface area contributed by atoms with Crippen LogP contribution < -0.4 is 16.0 Å². The number of aliphatic imine (C=N–C) groups is 1. The highest BCUT2D eigenvalue weighted by atomic mass is 127. The Morgan fingerprint density at radius 3 is 2.28 bits per heavy atom. The average molecular weight is 569 g/mol. The van der Waals surface area contributed by atoms with Gasteiger partial charge in [0.1, 0.15) is 5.60 Å². The molecule has 2 amide bonds. The molecule has 188 valence electrons. The molecule has 1 atom stereocenters. The second kappa shape index (κ2) is 16.3. The normalized spacial score (nSPS) is 16.1. The first-order valence-corrected chi connectivity index (χ1v) is 11.6. The molecule has 0 aromatic heterocycles. The number of amides is 2. The maximum absolute atomic E-state index is 12.0. The van der Waals surface area contributed by atoms with E-state index in [1.807, 2.05) is 32.6 Å². The second-order valence-corrected chi connectivity index (χ2v) is 8.97. The molecule has 1 heterocycles. The number of carbonyl (C=O) groups is 2. The van der Waals surface area contributed by atoms with Crippen molar-refractivity contribution in [2.45, 2.75) is 72.4 Å². The maximum atomic E-state index is 12.0. The van der Waals surface area contributed by atoms with E-state index in [2.05, 4.69) is 27.8 Å². The number of unbranched alkanes of at least 4 members (excludes halogenated alkanes) is 1. The summed E-state index contributed by atoms with van der Waals surface area (Å²) in [7, 11) is 0. The molecule has 3 N–H and O–H groups in total. The molecule has 0 aromatic carbocycles. The minimum Gasteiger partial charge on any atom is -0.444 e. The molecular formula is C22H45IN6O3. The minimum atomic E-state index is -0.511. The van der Waals surface area contributed by atoms with Gasteiger partial charge in [0.05, 0.1) is 6.54 Å². The summed E-state index contributed by atoms with van der Waals surface area (Å²) in [4.78, 5) is 32.4. The van der Waals surface area contributed by atoms with E-state index in [0.29, 0.717) is 13.1 Å². The van der Waals surface area contributed by atoms with E-state index in [9.17, 15) is 9.59 Å². The zero-order chi connectivity index (χ0) is 23.3. The van der Waals surface area contributed by atoms with Gasteiger partial charge in [0, 0.05) is 58.8 Å². The number of hydrogen-bond acceptors (Lipinski definition) is 5. The predicted molar refractivity (Wildman–Crippen MR) is 141 cm³/mol. The van der Waals surface area contributed by atoms with Crippen molar-refractivity contribution >= 4 is 41.9 Å². The van der Waals surface area contributed by atoms with Gasteiger partial charge in [-0.15, -0.1) is 24.0 Å². The van der Waals surface area contributed by atoms with Gasteiger partial charge in [0.15, 0.2) is 5.96 Å². The summed E-state index contributed by atoms with van der Waals surface area (Å²) in [6, 6.07) is 0.0735. The molecule has 1 saturated heterocycles. The van der Waals surface area contributed by atoms with E-state index in [4.69, 9.17) is 9.73 Å². The van der Waals surface area contributed by atoms with Crippen LogP contribution in [0.15, 0.2) is 4.99 Å². The number of rotatable bonds is 10. The lowest BCUT2D eigenvalue weighted by Crippen LogP contribution is -2.50. The Labute approximate surface area is 211 Å². The molecule has 9 nitrogen and oxygen atoms in total. The van der Waals surface area contributed by atoms with Crippen LogP contribution in [0.4, 0.5) is 4.79 Å². The Kier molecular flexibility index (Phi) is 15.7. The monoisotopic (exact) mass is 568 g/mol. The molecule has 1 aliphatic heterocycles. The van der Waals surface area contributed by atoms with Crippen molar-refractivity contribution in [3.05, 3.63) is 0 Å². The van der Waals surface area contributed by atoms with Crippen molar-refractivity contribution in [2.24, 2.45) is 4.99 Å². The molecule has 1 rings (SSSR count). The zero-order valence-corrected chi connectivity index (χ0v) is 23.2. The summed E-state index contributed by atoms with van der Waals surface area (Å²) in [5.41, 5.74) is -0.511. The van der Waals surface area contributed by atoms with E-state index in [1.165, 1.54) is 0 Å². The van der Waals surface area contributed by atoms with Crippen LogP contribution in [0.5, 0.6) is 0 Å². The van der Waals surface area contributed by atoms with Gasteiger partial charge in [0.2, 0.25) is 5.91 Å². The Morgan fingerprint density at radius 1 is 1.09 bits per heavy atom. The van der Waals surface area contributed by atoms with Gasteiger partial charge < -0.3 is 25.6 Å². The third kappa shape index (κ3) is 14.0. The van der Waals surface area contributed by atoms with E-state index >= 15 is 0 Å². The summed E-state index contributed by atoms with van der Waals surface area (Å²) in [5.74, 6) is 0.909. The first-order chi connectivity index (χ1) is 14.6. The SMILES string of the molecule is CCCCC(CNC(=O)OC(C)(C)C)NC(=NCCN1CCN(C(C)=O)CC1)NCC.I. The van der Waals surface area contributed by atoms with E-state index in [-0.39, 0.29) is 35.9 Å². The van der Waals surface area contributed by atoms with Crippen molar-refractivity contribution in [3.63, 3.8) is 0 Å². The van der Waals surface area contributed by atoms with Crippen LogP contribution in [0, 0.1) is 0 Å². The van der Waals surface area contributed by atoms with Crippen molar-refractivity contribution in [1.82, 2.24) is 25.8 Å². The number of guanidine groups is 1. The molecule has 0 radical (unpaired) electrons. The van der Waals surface area contributed by atoms with Crippen molar-refractivity contribution in [3.8, 4) is 0 Å². The van der Waals surface area contributed by atoms with Gasteiger partial charge in [-0.1, -0.05) is 19.8 Å². The van der Waals surface area contributed by atoms with Gasteiger partial charge in [-0.2, -0.15) is 0 Å². The lowest BCUT2D eigenvalue weighted by molar-refractivity contribution is -0.130. The Morgan fingerprint density at radius 2 is 1.75 bits per heavy atom. The summed E-state index contributed by atoms with van der Waals surface area (Å²) in [6.45, 7) is 17.5. The first-order valence-electron chi connectivity index (χ1n) is 11.6. The van der Waals surface area contributed by atoms with E-state index in [0.717, 1.165) is 64.5 Å². The molecule has 32 heavy (non-hydrogen) atoms. The Balaban J connectivity index is 0.00000961. The third-order valence-electron chi connectivity index (χ3n) is 4.99. The first kappa shape index (κ1) is 30.7. The number of alkyl carbamates (subject to hydrolysis) is 1. The molecule has 0 saturated carbocycles. The summed E-state index contributed by atoms with van der Waals surface area (Å²) in [5, 5.41) is 9.63. The molecule has 0 aliphatic carbocycles.